The number of hydrogen-bond acceptors (Lipinski definition) is 4. The zero-order valence-corrected chi connectivity index (χ0v) is 14.7. The molecule has 0 unspecified atom stereocenters. The molecule has 5 heteroatoms. The number of carbonyl (C=O) groups is 1. The van der Waals surface area contributed by atoms with Crippen LogP contribution in [0.5, 0.6) is 0 Å². The predicted octanol–water partition coefficient (Wildman–Crippen LogP) is 4.44. The number of aryl methyl sites for hydroxylation is 1. The van der Waals surface area contributed by atoms with Crippen LogP contribution in [0.15, 0.2) is 53.9 Å². The third kappa shape index (κ3) is 3.63. The Morgan fingerprint density at radius 2 is 1.88 bits per heavy atom. The fourth-order valence-corrected chi connectivity index (χ4v) is 3.00. The molecule has 0 saturated heterocycles. The number of nitrogens with zero attached hydrogens (tertiary/aromatic N) is 2. The first kappa shape index (κ1) is 16.2. The van der Waals surface area contributed by atoms with Crippen molar-refractivity contribution in [3.8, 4) is 11.3 Å². The van der Waals surface area contributed by atoms with Crippen molar-refractivity contribution in [1.29, 1.82) is 0 Å². The predicted molar refractivity (Wildman–Crippen MR) is 101 cm³/mol. The molecule has 4 nitrogen and oxygen atoms in total. The maximum atomic E-state index is 12.4. The molecule has 0 radical (unpaired) electrons. The Balaban J connectivity index is 1.76. The van der Waals surface area contributed by atoms with Gasteiger partial charge in [0, 0.05) is 36.3 Å². The van der Waals surface area contributed by atoms with Gasteiger partial charge in [-0.25, -0.2) is 4.98 Å². The van der Waals surface area contributed by atoms with E-state index in [2.05, 4.69) is 29.4 Å². The van der Waals surface area contributed by atoms with E-state index in [1.54, 1.807) is 6.07 Å². The van der Waals surface area contributed by atoms with Crippen LogP contribution >= 0.6 is 11.3 Å². The smallest absolute Gasteiger partial charge is 0.257 e. The van der Waals surface area contributed by atoms with Gasteiger partial charge < -0.3 is 4.90 Å². The topological polar surface area (TPSA) is 45.2 Å². The minimum Gasteiger partial charge on any atom is -0.378 e. The number of anilines is 2. The maximum Gasteiger partial charge on any atom is 0.257 e. The first-order valence-electron chi connectivity index (χ1n) is 7.64. The molecule has 3 rings (SSSR count). The largest absolute Gasteiger partial charge is 0.378 e. The highest BCUT2D eigenvalue weighted by molar-refractivity contribution is 7.14. The molecular weight excluding hydrogens is 318 g/mol. The molecule has 0 fully saturated rings. The second-order valence-corrected chi connectivity index (χ2v) is 6.66. The number of amides is 1. The van der Waals surface area contributed by atoms with E-state index in [0.717, 1.165) is 16.9 Å². The Hall–Kier alpha value is -2.66. The van der Waals surface area contributed by atoms with Gasteiger partial charge in [0.05, 0.1) is 5.69 Å². The van der Waals surface area contributed by atoms with Crippen molar-refractivity contribution in [3.05, 3.63) is 65.0 Å². The van der Waals surface area contributed by atoms with E-state index < -0.39 is 0 Å². The fourth-order valence-electron chi connectivity index (χ4n) is 2.28. The van der Waals surface area contributed by atoms with Crippen molar-refractivity contribution in [2.45, 2.75) is 6.92 Å². The second-order valence-electron chi connectivity index (χ2n) is 5.80. The molecule has 0 bridgehead atoms. The van der Waals surface area contributed by atoms with Crippen molar-refractivity contribution in [2.24, 2.45) is 0 Å². The van der Waals surface area contributed by atoms with E-state index in [1.807, 2.05) is 54.7 Å². The van der Waals surface area contributed by atoms with Gasteiger partial charge in [-0.1, -0.05) is 35.9 Å². The molecule has 122 valence electrons. The highest BCUT2D eigenvalue weighted by atomic mass is 32.1. The summed E-state index contributed by atoms with van der Waals surface area (Å²) in [5.41, 5.74) is 4.74. The lowest BCUT2D eigenvalue weighted by molar-refractivity contribution is 0.102. The minimum atomic E-state index is -0.150. The van der Waals surface area contributed by atoms with Gasteiger partial charge in [-0.2, -0.15) is 0 Å². The molecule has 2 aromatic carbocycles. The second kappa shape index (κ2) is 6.84. The van der Waals surface area contributed by atoms with Crippen LogP contribution in [0.1, 0.15) is 15.9 Å². The van der Waals surface area contributed by atoms with Gasteiger partial charge >= 0.3 is 0 Å². The monoisotopic (exact) mass is 337 g/mol. The molecular formula is C19H19N3OS. The van der Waals surface area contributed by atoms with Gasteiger partial charge in [-0.15, -0.1) is 11.3 Å². The Kier molecular flexibility index (Phi) is 4.62. The van der Waals surface area contributed by atoms with Crippen molar-refractivity contribution < 1.29 is 4.79 Å². The minimum absolute atomic E-state index is 0.150. The Morgan fingerprint density at radius 1 is 1.12 bits per heavy atom. The molecule has 0 saturated carbocycles. The maximum absolute atomic E-state index is 12.4. The molecule has 0 aliphatic rings. The highest BCUT2D eigenvalue weighted by Crippen LogP contribution is 2.25. The summed E-state index contributed by atoms with van der Waals surface area (Å²) < 4.78 is 0. The summed E-state index contributed by atoms with van der Waals surface area (Å²) in [5, 5.41) is 5.43. The number of thiazole rings is 1. The van der Waals surface area contributed by atoms with Crippen LogP contribution in [0.3, 0.4) is 0 Å². The lowest BCUT2D eigenvalue weighted by atomic mass is 10.1. The molecule has 0 aliphatic heterocycles. The van der Waals surface area contributed by atoms with Crippen LogP contribution in [0.2, 0.25) is 0 Å². The van der Waals surface area contributed by atoms with Crippen molar-refractivity contribution in [3.63, 3.8) is 0 Å². The number of hydrogen-bond donors (Lipinski definition) is 1. The molecule has 0 atom stereocenters. The molecule has 24 heavy (non-hydrogen) atoms. The number of carbonyl (C=O) groups excluding carboxylic acids is 1. The van der Waals surface area contributed by atoms with Crippen molar-refractivity contribution >= 4 is 28.1 Å². The lowest BCUT2D eigenvalue weighted by Crippen LogP contribution is -2.14. The number of benzene rings is 2. The van der Waals surface area contributed by atoms with E-state index >= 15 is 0 Å². The average molecular weight is 337 g/mol. The van der Waals surface area contributed by atoms with E-state index in [4.69, 9.17) is 0 Å². The van der Waals surface area contributed by atoms with Crippen LogP contribution in [-0.2, 0) is 0 Å². The standard InChI is InChI=1S/C19H19N3OS/c1-13-7-9-14(10-8-13)17-12-24-19(20-17)21-18(23)15-5-4-6-16(11-15)22(2)3/h4-12H,1-3H3,(H,20,21,23). The first-order valence-corrected chi connectivity index (χ1v) is 8.52. The molecule has 1 aromatic heterocycles. The van der Waals surface area contributed by atoms with Gasteiger partial charge in [0.2, 0.25) is 0 Å². The third-order valence-corrected chi connectivity index (χ3v) is 4.45. The molecule has 0 spiro atoms. The summed E-state index contributed by atoms with van der Waals surface area (Å²) in [6.07, 6.45) is 0. The van der Waals surface area contributed by atoms with Gasteiger partial charge in [-0.3, -0.25) is 10.1 Å². The van der Waals surface area contributed by atoms with Crippen LogP contribution in [0.25, 0.3) is 11.3 Å². The van der Waals surface area contributed by atoms with Crippen LogP contribution < -0.4 is 10.2 Å². The number of nitrogens with one attached hydrogen (secondary N) is 1. The third-order valence-electron chi connectivity index (χ3n) is 3.70. The number of rotatable bonds is 4. The van der Waals surface area contributed by atoms with Crippen LogP contribution in [0, 0.1) is 6.92 Å². The van der Waals surface area contributed by atoms with Crippen molar-refractivity contribution in [2.75, 3.05) is 24.3 Å². The van der Waals surface area contributed by atoms with Gasteiger partial charge in [0.25, 0.3) is 5.91 Å². The van der Waals surface area contributed by atoms with E-state index in [1.165, 1.54) is 16.9 Å². The SMILES string of the molecule is Cc1ccc(-c2csc(NC(=O)c3cccc(N(C)C)c3)n2)cc1. The summed E-state index contributed by atoms with van der Waals surface area (Å²) in [7, 11) is 3.90. The first-order chi connectivity index (χ1) is 11.5. The molecule has 1 amide bonds. The van der Waals surface area contributed by atoms with Crippen LogP contribution in [0.4, 0.5) is 10.8 Å². The van der Waals surface area contributed by atoms with Gasteiger partial charge in [0.15, 0.2) is 5.13 Å². The molecule has 1 heterocycles. The highest BCUT2D eigenvalue weighted by Gasteiger charge is 2.11. The van der Waals surface area contributed by atoms with E-state index in [9.17, 15) is 4.79 Å². The average Bonchev–Trinajstić information content (AvgIpc) is 3.04. The fraction of sp³-hybridized carbons (Fsp3) is 0.158. The summed E-state index contributed by atoms with van der Waals surface area (Å²) in [4.78, 5) is 18.9. The van der Waals surface area contributed by atoms with Crippen LogP contribution in [-0.4, -0.2) is 25.0 Å². The summed E-state index contributed by atoms with van der Waals surface area (Å²) in [6, 6.07) is 15.7. The Labute approximate surface area is 145 Å². The van der Waals surface area contributed by atoms with Gasteiger partial charge in [0.1, 0.15) is 0 Å². The van der Waals surface area contributed by atoms with Gasteiger partial charge in [-0.05, 0) is 25.1 Å². The normalized spacial score (nSPS) is 10.5. The Bertz CT molecular complexity index is 853. The lowest BCUT2D eigenvalue weighted by Gasteiger charge is -2.13. The molecule has 3 aromatic rings. The van der Waals surface area contributed by atoms with E-state index in [0.29, 0.717) is 10.7 Å². The molecule has 1 N–H and O–H groups in total. The zero-order chi connectivity index (χ0) is 17.1. The summed E-state index contributed by atoms with van der Waals surface area (Å²) in [6.45, 7) is 2.05. The van der Waals surface area contributed by atoms with Crippen molar-refractivity contribution in [1.82, 2.24) is 4.98 Å². The number of aromatic nitrogens is 1. The summed E-state index contributed by atoms with van der Waals surface area (Å²) in [5.74, 6) is -0.150. The summed E-state index contributed by atoms with van der Waals surface area (Å²) >= 11 is 1.43. The Morgan fingerprint density at radius 3 is 2.58 bits per heavy atom. The quantitative estimate of drug-likeness (QED) is 0.765. The molecule has 0 aliphatic carbocycles. The zero-order valence-electron chi connectivity index (χ0n) is 13.9. The van der Waals surface area contributed by atoms with E-state index in [-0.39, 0.29) is 5.91 Å².